The zero-order chi connectivity index (χ0) is 11.9. The number of nitrogens with zero attached hydrogens (tertiary/aromatic N) is 1. The number of sulfonamides is 1. The fraction of sp³-hybridized carbons (Fsp3) is 1.00. The molecule has 2 saturated heterocycles. The first kappa shape index (κ1) is 11.9. The number of hydrogen-bond donors (Lipinski definition) is 1. The van der Waals surface area contributed by atoms with Gasteiger partial charge in [0.2, 0.25) is 10.0 Å². The molecule has 0 unspecified atom stereocenters. The van der Waals surface area contributed by atoms with Crippen molar-refractivity contribution in [3.63, 3.8) is 0 Å². The maximum atomic E-state index is 12.5. The van der Waals surface area contributed by atoms with Crippen molar-refractivity contribution in [3.8, 4) is 0 Å². The topological polar surface area (TPSA) is 49.4 Å². The molecule has 5 heteroatoms. The van der Waals surface area contributed by atoms with Crippen LogP contribution in [0.3, 0.4) is 0 Å². The molecule has 17 heavy (non-hydrogen) atoms. The highest BCUT2D eigenvalue weighted by Gasteiger charge is 2.42. The van der Waals surface area contributed by atoms with Crippen molar-refractivity contribution in [2.75, 3.05) is 19.6 Å². The van der Waals surface area contributed by atoms with Gasteiger partial charge in [0.25, 0.3) is 0 Å². The highest BCUT2D eigenvalue weighted by Crippen LogP contribution is 2.32. The van der Waals surface area contributed by atoms with Crippen LogP contribution in [0.5, 0.6) is 0 Å². The van der Waals surface area contributed by atoms with E-state index in [1.807, 2.05) is 0 Å². The van der Waals surface area contributed by atoms with Crippen molar-refractivity contribution in [2.24, 2.45) is 5.92 Å². The van der Waals surface area contributed by atoms with Gasteiger partial charge in [0.15, 0.2) is 0 Å². The van der Waals surface area contributed by atoms with Gasteiger partial charge in [-0.3, -0.25) is 0 Å². The molecule has 0 aromatic rings. The van der Waals surface area contributed by atoms with Gasteiger partial charge in [-0.25, -0.2) is 8.42 Å². The zero-order valence-electron chi connectivity index (χ0n) is 10.3. The van der Waals surface area contributed by atoms with Crippen LogP contribution < -0.4 is 5.32 Å². The average molecular weight is 258 g/mol. The quantitative estimate of drug-likeness (QED) is 0.802. The van der Waals surface area contributed by atoms with E-state index in [0.29, 0.717) is 18.5 Å². The summed E-state index contributed by atoms with van der Waals surface area (Å²) in [6.45, 7) is 2.53. The molecule has 1 aliphatic carbocycles. The summed E-state index contributed by atoms with van der Waals surface area (Å²) in [5.41, 5.74) is 0. The third-order valence-electron chi connectivity index (χ3n) is 4.65. The predicted octanol–water partition coefficient (Wildman–Crippen LogP) is 0.943. The van der Waals surface area contributed by atoms with Crippen molar-refractivity contribution >= 4 is 10.0 Å². The number of nitrogens with one attached hydrogen (secondary N) is 1. The van der Waals surface area contributed by atoms with Crippen LogP contribution in [0.25, 0.3) is 0 Å². The number of rotatable bonds is 2. The zero-order valence-corrected chi connectivity index (χ0v) is 11.1. The van der Waals surface area contributed by atoms with E-state index in [-0.39, 0.29) is 5.25 Å². The second-order valence-electron chi connectivity index (χ2n) is 5.73. The minimum Gasteiger partial charge on any atom is -0.312 e. The molecule has 2 heterocycles. The van der Waals surface area contributed by atoms with E-state index in [4.69, 9.17) is 0 Å². The molecule has 1 N–H and O–H groups in total. The Morgan fingerprint density at radius 1 is 1.00 bits per heavy atom. The minimum atomic E-state index is -3.00. The van der Waals surface area contributed by atoms with E-state index in [0.717, 1.165) is 38.8 Å². The van der Waals surface area contributed by atoms with E-state index in [1.165, 1.54) is 12.8 Å². The van der Waals surface area contributed by atoms with Crippen molar-refractivity contribution in [1.82, 2.24) is 9.62 Å². The van der Waals surface area contributed by atoms with Gasteiger partial charge in [0.05, 0.1) is 5.25 Å². The van der Waals surface area contributed by atoms with E-state index < -0.39 is 10.0 Å². The van der Waals surface area contributed by atoms with Crippen molar-refractivity contribution < 1.29 is 8.42 Å². The molecule has 3 fully saturated rings. The lowest BCUT2D eigenvalue weighted by Gasteiger charge is -2.24. The summed E-state index contributed by atoms with van der Waals surface area (Å²) in [5.74, 6) is 0.555. The number of fused-ring (bicyclic) bond motifs is 1. The highest BCUT2D eigenvalue weighted by atomic mass is 32.2. The average Bonchev–Trinajstić information content (AvgIpc) is 2.98. The Bertz CT molecular complexity index is 362. The van der Waals surface area contributed by atoms with Crippen LogP contribution in [-0.4, -0.2) is 43.6 Å². The maximum Gasteiger partial charge on any atom is 0.217 e. The second-order valence-corrected chi connectivity index (χ2v) is 7.94. The Morgan fingerprint density at radius 3 is 2.47 bits per heavy atom. The van der Waals surface area contributed by atoms with Crippen LogP contribution in [0.4, 0.5) is 0 Å². The van der Waals surface area contributed by atoms with Crippen LogP contribution in [0.1, 0.15) is 38.5 Å². The van der Waals surface area contributed by atoms with Gasteiger partial charge >= 0.3 is 0 Å². The lowest BCUT2D eigenvalue weighted by atomic mass is 9.94. The van der Waals surface area contributed by atoms with Crippen LogP contribution in [0, 0.1) is 5.92 Å². The minimum absolute atomic E-state index is 0.0809. The number of piperidine rings is 1. The summed E-state index contributed by atoms with van der Waals surface area (Å²) in [6.07, 6.45) is 6.31. The van der Waals surface area contributed by atoms with Gasteiger partial charge in [-0.15, -0.1) is 0 Å². The molecular formula is C12H22N2O2S. The Morgan fingerprint density at radius 2 is 1.76 bits per heavy atom. The first-order valence-electron chi connectivity index (χ1n) is 6.90. The third kappa shape index (κ3) is 2.13. The SMILES string of the molecule is O=S(=O)(C1CCCC1)N1C[C@@H]2CCCN[C@@H]2C1. The first-order valence-corrected chi connectivity index (χ1v) is 8.40. The molecule has 0 aromatic heterocycles. The summed E-state index contributed by atoms with van der Waals surface area (Å²) in [4.78, 5) is 0. The second kappa shape index (κ2) is 4.52. The first-order chi connectivity index (χ1) is 8.18. The van der Waals surface area contributed by atoms with E-state index in [1.54, 1.807) is 4.31 Å². The van der Waals surface area contributed by atoms with Gasteiger partial charge in [0.1, 0.15) is 0 Å². The maximum absolute atomic E-state index is 12.5. The number of hydrogen-bond acceptors (Lipinski definition) is 3. The van der Waals surface area contributed by atoms with Crippen molar-refractivity contribution in [2.45, 2.75) is 49.8 Å². The summed E-state index contributed by atoms with van der Waals surface area (Å²) >= 11 is 0. The van der Waals surface area contributed by atoms with Gasteiger partial charge in [-0.05, 0) is 38.1 Å². The standard InChI is InChI=1S/C12H22N2O2S/c15-17(16,11-5-1-2-6-11)14-8-10-4-3-7-13-12(10)9-14/h10-13H,1-9H2/t10-,12+/m0/s1. The van der Waals surface area contributed by atoms with E-state index in [9.17, 15) is 8.42 Å². The normalized spacial score (nSPS) is 36.2. The van der Waals surface area contributed by atoms with Crippen molar-refractivity contribution in [1.29, 1.82) is 0 Å². The summed E-state index contributed by atoms with van der Waals surface area (Å²) in [6, 6.07) is 0.417. The molecule has 2 atom stereocenters. The molecule has 1 saturated carbocycles. The molecule has 0 amide bonds. The molecule has 0 bridgehead atoms. The summed E-state index contributed by atoms with van der Waals surface area (Å²) in [7, 11) is -3.00. The molecule has 98 valence electrons. The summed E-state index contributed by atoms with van der Waals surface area (Å²) < 4.78 is 26.7. The molecule has 0 radical (unpaired) electrons. The smallest absolute Gasteiger partial charge is 0.217 e. The van der Waals surface area contributed by atoms with E-state index >= 15 is 0 Å². The van der Waals surface area contributed by atoms with Crippen LogP contribution in [0.15, 0.2) is 0 Å². The monoisotopic (exact) mass is 258 g/mol. The fourth-order valence-corrected chi connectivity index (χ4v) is 5.73. The Balaban J connectivity index is 1.72. The molecule has 0 aromatic carbocycles. The largest absolute Gasteiger partial charge is 0.312 e. The van der Waals surface area contributed by atoms with Crippen LogP contribution in [0.2, 0.25) is 0 Å². The molecule has 3 aliphatic rings. The van der Waals surface area contributed by atoms with Crippen LogP contribution >= 0.6 is 0 Å². The molecule has 2 aliphatic heterocycles. The lowest BCUT2D eigenvalue weighted by Crippen LogP contribution is -2.41. The highest BCUT2D eigenvalue weighted by molar-refractivity contribution is 7.89. The van der Waals surface area contributed by atoms with E-state index in [2.05, 4.69) is 5.32 Å². The molecule has 0 spiro atoms. The predicted molar refractivity (Wildman–Crippen MR) is 67.3 cm³/mol. The summed E-state index contributed by atoms with van der Waals surface area (Å²) in [5, 5.41) is 3.39. The third-order valence-corrected chi connectivity index (χ3v) is 6.98. The van der Waals surface area contributed by atoms with Gasteiger partial charge in [0, 0.05) is 19.1 Å². The van der Waals surface area contributed by atoms with Crippen LogP contribution in [-0.2, 0) is 10.0 Å². The Labute approximate surface area is 104 Å². The molecular weight excluding hydrogens is 236 g/mol. The van der Waals surface area contributed by atoms with Gasteiger partial charge in [-0.1, -0.05) is 12.8 Å². The molecule has 4 nitrogen and oxygen atoms in total. The lowest BCUT2D eigenvalue weighted by molar-refractivity contribution is 0.339. The molecule has 3 rings (SSSR count). The van der Waals surface area contributed by atoms with Gasteiger partial charge in [-0.2, -0.15) is 4.31 Å². The fourth-order valence-electron chi connectivity index (χ4n) is 3.61. The Kier molecular flexibility index (Phi) is 3.17. The van der Waals surface area contributed by atoms with Gasteiger partial charge < -0.3 is 5.32 Å². The Hall–Kier alpha value is -0.130. The van der Waals surface area contributed by atoms with Crippen molar-refractivity contribution in [3.05, 3.63) is 0 Å².